The molecule has 0 amide bonds. The number of halogens is 1. The van der Waals surface area contributed by atoms with Crippen LogP contribution in [0, 0.1) is 0 Å². The molecule has 1 aromatic heterocycles. The van der Waals surface area contributed by atoms with Crippen molar-refractivity contribution in [1.82, 2.24) is 9.88 Å². The largest absolute Gasteiger partial charge is 0.381 e. The van der Waals surface area contributed by atoms with Crippen LogP contribution in [0.4, 0.5) is 5.69 Å². The van der Waals surface area contributed by atoms with Crippen molar-refractivity contribution in [2.75, 3.05) is 26.0 Å². The summed E-state index contributed by atoms with van der Waals surface area (Å²) < 4.78 is 0. The minimum absolute atomic E-state index is 0.376. The zero-order valence-corrected chi connectivity index (χ0v) is 11.7. The van der Waals surface area contributed by atoms with Gasteiger partial charge < -0.3 is 10.2 Å². The summed E-state index contributed by atoms with van der Waals surface area (Å²) in [5.41, 5.74) is 2.02. The first-order chi connectivity index (χ1) is 8.56. The Bertz CT molecular complexity index is 540. The van der Waals surface area contributed by atoms with Crippen LogP contribution >= 0.6 is 11.6 Å². The summed E-state index contributed by atoms with van der Waals surface area (Å²) in [6.07, 6.45) is 1.81. The third-order valence-corrected chi connectivity index (χ3v) is 2.98. The lowest BCUT2D eigenvalue weighted by atomic mass is 10.1. The van der Waals surface area contributed by atoms with Gasteiger partial charge in [0.1, 0.15) is 0 Å². The summed E-state index contributed by atoms with van der Waals surface area (Å²) in [7, 11) is 4.14. The van der Waals surface area contributed by atoms with Crippen LogP contribution in [0.2, 0.25) is 5.02 Å². The maximum atomic E-state index is 5.98. The number of hydrogen-bond acceptors (Lipinski definition) is 3. The van der Waals surface area contributed by atoms with E-state index in [1.54, 1.807) is 0 Å². The Kier molecular flexibility index (Phi) is 4.04. The lowest BCUT2D eigenvalue weighted by Gasteiger charge is -2.20. The average molecular weight is 264 g/mol. The second kappa shape index (κ2) is 5.55. The fourth-order valence-electron chi connectivity index (χ4n) is 2.11. The molecule has 0 saturated heterocycles. The number of benzene rings is 1. The number of fused-ring (bicyclic) bond motifs is 1. The molecule has 0 radical (unpaired) electrons. The number of nitrogens with one attached hydrogen (secondary N) is 1. The van der Waals surface area contributed by atoms with Crippen molar-refractivity contribution in [2.24, 2.45) is 0 Å². The first kappa shape index (κ1) is 13.1. The minimum Gasteiger partial charge on any atom is -0.381 e. The first-order valence-electron chi connectivity index (χ1n) is 6.02. The summed E-state index contributed by atoms with van der Waals surface area (Å²) in [6.45, 7) is 3.15. The summed E-state index contributed by atoms with van der Waals surface area (Å²) in [5, 5.41) is 5.33. The van der Waals surface area contributed by atoms with Gasteiger partial charge in [-0.25, -0.2) is 0 Å². The first-order valence-corrected chi connectivity index (χ1v) is 6.39. The van der Waals surface area contributed by atoms with Gasteiger partial charge in [0.15, 0.2) is 0 Å². The van der Waals surface area contributed by atoms with E-state index in [2.05, 4.69) is 36.2 Å². The second-order valence-corrected chi connectivity index (χ2v) is 5.26. The standard InChI is InChI=1S/C14H18ClN3/c1-10(9-18(2)3)17-13-6-7-16-14-8-11(15)4-5-12(13)14/h4-8,10H,9H2,1-3H3,(H,16,17)/t10-/m1/s1. The predicted octanol–water partition coefficient (Wildman–Crippen LogP) is 3.25. The molecule has 3 nitrogen and oxygen atoms in total. The van der Waals surface area contributed by atoms with Gasteiger partial charge >= 0.3 is 0 Å². The molecule has 1 aromatic carbocycles. The van der Waals surface area contributed by atoms with E-state index in [1.807, 2.05) is 30.5 Å². The number of nitrogens with zero attached hydrogens (tertiary/aromatic N) is 2. The van der Waals surface area contributed by atoms with Gasteiger partial charge in [-0.2, -0.15) is 0 Å². The molecule has 1 atom stereocenters. The molecule has 1 heterocycles. The van der Waals surface area contributed by atoms with Crippen molar-refractivity contribution in [3.63, 3.8) is 0 Å². The zero-order chi connectivity index (χ0) is 13.1. The van der Waals surface area contributed by atoms with Crippen LogP contribution in [0.5, 0.6) is 0 Å². The normalized spacial score (nSPS) is 12.9. The predicted molar refractivity (Wildman–Crippen MR) is 78.4 cm³/mol. The molecule has 2 aromatic rings. The molecule has 0 aliphatic carbocycles. The van der Waals surface area contributed by atoms with Crippen molar-refractivity contribution < 1.29 is 0 Å². The maximum absolute atomic E-state index is 5.98. The molecule has 0 unspecified atom stereocenters. The van der Waals surface area contributed by atoms with Gasteiger partial charge in [-0.3, -0.25) is 4.98 Å². The highest BCUT2D eigenvalue weighted by Crippen LogP contribution is 2.24. The Hall–Kier alpha value is -1.32. The molecule has 1 N–H and O–H groups in total. The van der Waals surface area contributed by atoms with Crippen molar-refractivity contribution >= 4 is 28.2 Å². The average Bonchev–Trinajstić information content (AvgIpc) is 2.27. The Morgan fingerprint density at radius 3 is 2.83 bits per heavy atom. The summed E-state index contributed by atoms with van der Waals surface area (Å²) >= 11 is 5.98. The van der Waals surface area contributed by atoms with Gasteiger partial charge in [0, 0.05) is 34.9 Å². The van der Waals surface area contributed by atoms with Gasteiger partial charge in [0.05, 0.1) is 5.52 Å². The lowest BCUT2D eigenvalue weighted by Crippen LogP contribution is -2.29. The van der Waals surface area contributed by atoms with Gasteiger partial charge in [0.2, 0.25) is 0 Å². The molecule has 4 heteroatoms. The molecule has 0 spiro atoms. The van der Waals surface area contributed by atoms with E-state index in [9.17, 15) is 0 Å². The Balaban J connectivity index is 2.28. The van der Waals surface area contributed by atoms with E-state index in [0.29, 0.717) is 11.1 Å². The number of rotatable bonds is 4. The number of aromatic nitrogens is 1. The summed E-state index contributed by atoms with van der Waals surface area (Å²) in [5.74, 6) is 0. The van der Waals surface area contributed by atoms with Gasteiger partial charge in [-0.1, -0.05) is 11.6 Å². The second-order valence-electron chi connectivity index (χ2n) is 4.83. The molecular formula is C14H18ClN3. The molecule has 0 saturated carbocycles. The topological polar surface area (TPSA) is 28.2 Å². The number of hydrogen-bond donors (Lipinski definition) is 1. The highest BCUT2D eigenvalue weighted by Gasteiger charge is 2.07. The third kappa shape index (κ3) is 3.12. The van der Waals surface area contributed by atoms with E-state index in [-0.39, 0.29) is 0 Å². The van der Waals surface area contributed by atoms with E-state index >= 15 is 0 Å². The Morgan fingerprint density at radius 1 is 1.33 bits per heavy atom. The summed E-state index contributed by atoms with van der Waals surface area (Å²) in [6, 6.07) is 8.17. The van der Waals surface area contributed by atoms with Crippen LogP contribution in [0.1, 0.15) is 6.92 Å². The van der Waals surface area contributed by atoms with E-state index in [4.69, 9.17) is 11.6 Å². The smallest absolute Gasteiger partial charge is 0.0737 e. The fraction of sp³-hybridized carbons (Fsp3) is 0.357. The van der Waals surface area contributed by atoms with Gasteiger partial charge in [-0.15, -0.1) is 0 Å². The van der Waals surface area contributed by atoms with Gasteiger partial charge in [0.25, 0.3) is 0 Å². The molecule has 0 bridgehead atoms. The van der Waals surface area contributed by atoms with E-state index < -0.39 is 0 Å². The van der Waals surface area contributed by atoms with Crippen molar-refractivity contribution in [3.8, 4) is 0 Å². The van der Waals surface area contributed by atoms with Crippen molar-refractivity contribution in [3.05, 3.63) is 35.5 Å². The molecule has 18 heavy (non-hydrogen) atoms. The summed E-state index contributed by atoms with van der Waals surface area (Å²) in [4.78, 5) is 6.50. The highest BCUT2D eigenvalue weighted by molar-refractivity contribution is 6.31. The third-order valence-electron chi connectivity index (χ3n) is 2.75. The Morgan fingerprint density at radius 2 is 2.11 bits per heavy atom. The van der Waals surface area contributed by atoms with Crippen LogP contribution < -0.4 is 5.32 Å². The monoisotopic (exact) mass is 263 g/mol. The van der Waals surface area contributed by atoms with E-state index in [0.717, 1.165) is 23.1 Å². The quantitative estimate of drug-likeness (QED) is 0.918. The van der Waals surface area contributed by atoms with Crippen molar-refractivity contribution in [1.29, 1.82) is 0 Å². The highest BCUT2D eigenvalue weighted by atomic mass is 35.5. The Labute approximate surface area is 113 Å². The van der Waals surface area contributed by atoms with Crippen LogP contribution in [0.3, 0.4) is 0 Å². The maximum Gasteiger partial charge on any atom is 0.0737 e. The van der Waals surface area contributed by atoms with Gasteiger partial charge in [-0.05, 0) is 45.3 Å². The molecule has 0 aliphatic heterocycles. The number of likely N-dealkylation sites (N-methyl/N-ethyl adjacent to an activating group) is 1. The molecule has 0 fully saturated rings. The fourth-order valence-corrected chi connectivity index (χ4v) is 2.27. The van der Waals surface area contributed by atoms with Crippen LogP contribution in [0.25, 0.3) is 10.9 Å². The zero-order valence-electron chi connectivity index (χ0n) is 10.9. The molecular weight excluding hydrogens is 246 g/mol. The minimum atomic E-state index is 0.376. The van der Waals surface area contributed by atoms with Crippen molar-refractivity contribution in [2.45, 2.75) is 13.0 Å². The van der Waals surface area contributed by atoms with Crippen LogP contribution in [-0.4, -0.2) is 36.6 Å². The number of pyridine rings is 1. The van der Waals surface area contributed by atoms with E-state index in [1.165, 1.54) is 0 Å². The molecule has 2 rings (SSSR count). The molecule has 0 aliphatic rings. The molecule has 96 valence electrons. The number of anilines is 1. The lowest BCUT2D eigenvalue weighted by molar-refractivity contribution is 0.392. The van der Waals surface area contributed by atoms with Crippen LogP contribution in [-0.2, 0) is 0 Å². The SMILES string of the molecule is C[C@H](CN(C)C)Nc1ccnc2cc(Cl)ccc12. The van der Waals surface area contributed by atoms with Crippen LogP contribution in [0.15, 0.2) is 30.5 Å².